The predicted octanol–water partition coefficient (Wildman–Crippen LogP) is 3.45. The fraction of sp³-hybridized carbons (Fsp3) is 0.375. The van der Waals surface area contributed by atoms with Gasteiger partial charge < -0.3 is 4.90 Å². The first-order valence-corrected chi connectivity index (χ1v) is 7.41. The van der Waals surface area contributed by atoms with E-state index in [0.29, 0.717) is 13.1 Å². The first-order chi connectivity index (χ1) is 11.0. The summed E-state index contributed by atoms with van der Waals surface area (Å²) in [4.78, 5) is 14.1. The second kappa shape index (κ2) is 6.06. The van der Waals surface area contributed by atoms with Crippen molar-refractivity contribution in [2.75, 3.05) is 13.1 Å². The lowest BCUT2D eigenvalue weighted by Crippen LogP contribution is -2.40. The number of hydrogen-bond donors (Lipinski definition) is 1. The minimum atomic E-state index is -4.54. The van der Waals surface area contributed by atoms with E-state index in [0.717, 1.165) is 24.6 Å². The summed E-state index contributed by atoms with van der Waals surface area (Å²) in [5.41, 5.74) is -0.259. The van der Waals surface area contributed by atoms with Crippen LogP contribution in [0.1, 0.15) is 40.4 Å². The highest BCUT2D eigenvalue weighted by atomic mass is 19.4. The Kier molecular flexibility index (Phi) is 4.11. The molecule has 2 heterocycles. The number of halogens is 3. The summed E-state index contributed by atoms with van der Waals surface area (Å²) >= 11 is 0. The lowest BCUT2D eigenvalue weighted by molar-refractivity contribution is -0.138. The quantitative estimate of drug-likeness (QED) is 0.920. The van der Waals surface area contributed by atoms with Crippen molar-refractivity contribution in [1.82, 2.24) is 15.1 Å². The molecule has 1 saturated heterocycles. The van der Waals surface area contributed by atoms with Gasteiger partial charge in [0.2, 0.25) is 0 Å². The van der Waals surface area contributed by atoms with Crippen molar-refractivity contribution in [3.63, 3.8) is 0 Å². The van der Waals surface area contributed by atoms with Gasteiger partial charge in [-0.05, 0) is 31.0 Å². The van der Waals surface area contributed by atoms with E-state index < -0.39 is 17.6 Å². The van der Waals surface area contributed by atoms with Gasteiger partial charge in [0.15, 0.2) is 0 Å². The normalized spacial score (nSPS) is 18.9. The van der Waals surface area contributed by atoms with Gasteiger partial charge in [-0.1, -0.05) is 12.1 Å². The molecule has 1 unspecified atom stereocenters. The smallest absolute Gasteiger partial charge is 0.338 e. The summed E-state index contributed by atoms with van der Waals surface area (Å²) in [6.07, 6.45) is -1.27. The van der Waals surface area contributed by atoms with Crippen molar-refractivity contribution in [2.24, 2.45) is 0 Å². The van der Waals surface area contributed by atoms with Crippen molar-refractivity contribution in [2.45, 2.75) is 24.9 Å². The first-order valence-electron chi connectivity index (χ1n) is 7.41. The number of nitrogens with zero attached hydrogens (tertiary/aromatic N) is 2. The maximum atomic E-state index is 13.1. The molecule has 0 radical (unpaired) electrons. The number of hydrogen-bond acceptors (Lipinski definition) is 2. The Hall–Kier alpha value is -2.31. The molecule has 7 heteroatoms. The van der Waals surface area contributed by atoms with E-state index in [2.05, 4.69) is 10.2 Å². The van der Waals surface area contributed by atoms with Crippen molar-refractivity contribution in [3.05, 3.63) is 53.3 Å². The van der Waals surface area contributed by atoms with Crippen LogP contribution in [-0.4, -0.2) is 34.1 Å². The van der Waals surface area contributed by atoms with Gasteiger partial charge in [0.25, 0.3) is 5.91 Å². The number of benzene rings is 1. The zero-order valence-electron chi connectivity index (χ0n) is 12.3. The molecule has 1 aliphatic heterocycles. The van der Waals surface area contributed by atoms with Crippen LogP contribution in [0.2, 0.25) is 0 Å². The average molecular weight is 323 g/mol. The number of rotatable bonds is 2. The molecule has 0 spiro atoms. The highest BCUT2D eigenvalue weighted by Crippen LogP contribution is 2.33. The third-order valence-electron chi connectivity index (χ3n) is 4.13. The van der Waals surface area contributed by atoms with Crippen LogP contribution in [-0.2, 0) is 6.18 Å². The molecule has 0 saturated carbocycles. The van der Waals surface area contributed by atoms with E-state index in [1.54, 1.807) is 6.20 Å². The van der Waals surface area contributed by atoms with Crippen molar-refractivity contribution >= 4 is 5.91 Å². The number of amides is 1. The number of nitrogens with one attached hydrogen (secondary N) is 1. The van der Waals surface area contributed by atoms with E-state index in [1.807, 2.05) is 6.07 Å². The number of carbonyl (C=O) groups is 1. The minimum absolute atomic E-state index is 0.0771. The van der Waals surface area contributed by atoms with Crippen LogP contribution in [0, 0.1) is 0 Å². The van der Waals surface area contributed by atoms with Crippen LogP contribution in [0.3, 0.4) is 0 Å². The lowest BCUT2D eigenvalue weighted by Gasteiger charge is -2.32. The second-order valence-electron chi connectivity index (χ2n) is 5.65. The number of aromatic amines is 1. The number of likely N-dealkylation sites (tertiary alicyclic amines) is 1. The standard InChI is InChI=1S/C16H16F3N3O/c17-16(18,19)13-6-2-1-5-12(13)15(23)22-9-3-4-11(10-22)14-7-8-20-21-14/h1-2,5-8,11H,3-4,9-10H2,(H,20,21). The van der Waals surface area contributed by atoms with E-state index in [1.165, 1.54) is 23.1 Å². The zero-order chi connectivity index (χ0) is 16.4. The zero-order valence-corrected chi connectivity index (χ0v) is 12.3. The third kappa shape index (κ3) is 3.23. The van der Waals surface area contributed by atoms with Gasteiger partial charge >= 0.3 is 6.18 Å². The molecule has 122 valence electrons. The molecule has 1 atom stereocenters. The Labute approximate surface area is 131 Å². The molecule has 0 bridgehead atoms. The molecule has 1 N–H and O–H groups in total. The summed E-state index contributed by atoms with van der Waals surface area (Å²) in [6, 6.07) is 6.78. The Balaban J connectivity index is 1.83. The van der Waals surface area contributed by atoms with Crippen LogP contribution < -0.4 is 0 Å². The number of carbonyl (C=O) groups excluding carboxylic acids is 1. The molecule has 2 aromatic rings. The first kappa shape index (κ1) is 15.6. The Morgan fingerprint density at radius 1 is 1.26 bits per heavy atom. The third-order valence-corrected chi connectivity index (χ3v) is 4.13. The lowest BCUT2D eigenvalue weighted by atomic mass is 9.94. The van der Waals surface area contributed by atoms with Gasteiger partial charge in [0, 0.05) is 30.9 Å². The predicted molar refractivity (Wildman–Crippen MR) is 77.9 cm³/mol. The van der Waals surface area contributed by atoms with Crippen molar-refractivity contribution in [1.29, 1.82) is 0 Å². The number of alkyl halides is 3. The van der Waals surface area contributed by atoms with Gasteiger partial charge in [-0.15, -0.1) is 0 Å². The van der Waals surface area contributed by atoms with Gasteiger partial charge in [-0.25, -0.2) is 0 Å². The molecule has 0 aliphatic carbocycles. The average Bonchev–Trinajstić information content (AvgIpc) is 3.08. The fourth-order valence-electron chi connectivity index (χ4n) is 3.00. The number of piperidine rings is 1. The highest BCUT2D eigenvalue weighted by Gasteiger charge is 2.36. The van der Waals surface area contributed by atoms with Gasteiger partial charge in [0.1, 0.15) is 0 Å². The van der Waals surface area contributed by atoms with Gasteiger partial charge in [0.05, 0.1) is 11.1 Å². The summed E-state index contributed by atoms with van der Waals surface area (Å²) in [7, 11) is 0. The fourth-order valence-corrected chi connectivity index (χ4v) is 3.00. The molecular weight excluding hydrogens is 307 g/mol. The van der Waals surface area contributed by atoms with Gasteiger partial charge in [-0.3, -0.25) is 9.89 Å². The van der Waals surface area contributed by atoms with Gasteiger partial charge in [-0.2, -0.15) is 18.3 Å². The van der Waals surface area contributed by atoms with Crippen LogP contribution >= 0.6 is 0 Å². The molecule has 1 fully saturated rings. The summed E-state index contributed by atoms with van der Waals surface area (Å²) in [5.74, 6) is -0.490. The topological polar surface area (TPSA) is 49.0 Å². The van der Waals surface area contributed by atoms with Crippen LogP contribution in [0.25, 0.3) is 0 Å². The van der Waals surface area contributed by atoms with E-state index in [4.69, 9.17) is 0 Å². The number of H-pyrrole nitrogens is 1. The Morgan fingerprint density at radius 3 is 2.74 bits per heavy atom. The Bertz CT molecular complexity index is 682. The summed E-state index contributed by atoms with van der Waals surface area (Å²) in [6.45, 7) is 0.864. The maximum Gasteiger partial charge on any atom is 0.417 e. The summed E-state index contributed by atoms with van der Waals surface area (Å²) in [5, 5.41) is 6.77. The van der Waals surface area contributed by atoms with Crippen molar-refractivity contribution in [3.8, 4) is 0 Å². The van der Waals surface area contributed by atoms with Crippen LogP contribution in [0.5, 0.6) is 0 Å². The number of aromatic nitrogens is 2. The molecule has 1 amide bonds. The monoisotopic (exact) mass is 323 g/mol. The second-order valence-corrected chi connectivity index (χ2v) is 5.65. The largest absolute Gasteiger partial charge is 0.417 e. The molecule has 1 aromatic carbocycles. The van der Waals surface area contributed by atoms with Crippen molar-refractivity contribution < 1.29 is 18.0 Å². The molecule has 1 aromatic heterocycles. The maximum absolute atomic E-state index is 13.1. The minimum Gasteiger partial charge on any atom is -0.338 e. The molecule has 1 aliphatic rings. The molecule has 3 rings (SSSR count). The van der Waals surface area contributed by atoms with Crippen LogP contribution in [0.15, 0.2) is 36.5 Å². The molecule has 23 heavy (non-hydrogen) atoms. The van der Waals surface area contributed by atoms with Crippen LogP contribution in [0.4, 0.5) is 13.2 Å². The Morgan fingerprint density at radius 2 is 2.04 bits per heavy atom. The molecule has 4 nitrogen and oxygen atoms in total. The summed E-state index contributed by atoms with van der Waals surface area (Å²) < 4.78 is 39.3. The van der Waals surface area contributed by atoms with E-state index in [-0.39, 0.29) is 11.5 Å². The van der Waals surface area contributed by atoms with E-state index in [9.17, 15) is 18.0 Å². The SMILES string of the molecule is O=C(c1ccccc1C(F)(F)F)N1CCCC(c2ccn[nH]2)C1. The molecular formula is C16H16F3N3O. The van der Waals surface area contributed by atoms with E-state index >= 15 is 0 Å². The highest BCUT2D eigenvalue weighted by molar-refractivity contribution is 5.96.